The summed E-state index contributed by atoms with van der Waals surface area (Å²) in [6, 6.07) is 9.53. The van der Waals surface area contributed by atoms with Crippen LogP contribution >= 0.6 is 11.8 Å². The van der Waals surface area contributed by atoms with Gasteiger partial charge in [-0.2, -0.15) is 0 Å². The summed E-state index contributed by atoms with van der Waals surface area (Å²) in [5.74, 6) is 1.46. The average molecular weight is 251 g/mol. The quantitative estimate of drug-likeness (QED) is 0.802. The average Bonchev–Trinajstić information content (AvgIpc) is 2.79. The van der Waals surface area contributed by atoms with Gasteiger partial charge in [0.15, 0.2) is 0 Å². The Bertz CT molecular complexity index is 389. The predicted molar refractivity (Wildman–Crippen MR) is 67.5 cm³/mol. The van der Waals surface area contributed by atoms with Crippen LogP contribution in [0.5, 0.6) is 0 Å². The van der Waals surface area contributed by atoms with Crippen molar-refractivity contribution in [3.63, 3.8) is 0 Å². The van der Waals surface area contributed by atoms with E-state index in [2.05, 4.69) is 10.9 Å². The van der Waals surface area contributed by atoms with Crippen LogP contribution in [0.25, 0.3) is 0 Å². The SMILES string of the molecule is CC(C)OC(=O)C1(c2ccccc2)NN[CH]S1. The number of benzene rings is 1. The van der Waals surface area contributed by atoms with Crippen molar-refractivity contribution in [3.8, 4) is 0 Å². The van der Waals surface area contributed by atoms with E-state index >= 15 is 0 Å². The Labute approximate surface area is 105 Å². The van der Waals surface area contributed by atoms with E-state index < -0.39 is 4.87 Å². The van der Waals surface area contributed by atoms with Crippen molar-refractivity contribution in [2.75, 3.05) is 0 Å². The Balaban J connectivity index is 2.30. The summed E-state index contributed by atoms with van der Waals surface area (Å²) >= 11 is 1.37. The van der Waals surface area contributed by atoms with E-state index in [0.717, 1.165) is 5.56 Å². The highest BCUT2D eigenvalue weighted by molar-refractivity contribution is 8.03. The van der Waals surface area contributed by atoms with Crippen LogP contribution < -0.4 is 10.9 Å². The van der Waals surface area contributed by atoms with Crippen molar-refractivity contribution < 1.29 is 9.53 Å². The normalized spacial score (nSPS) is 23.9. The third-order valence-electron chi connectivity index (χ3n) is 2.35. The first kappa shape index (κ1) is 12.4. The minimum absolute atomic E-state index is 0.133. The van der Waals surface area contributed by atoms with E-state index in [1.165, 1.54) is 11.8 Å². The molecule has 5 heteroatoms. The van der Waals surface area contributed by atoms with Crippen LogP contribution in [0.2, 0.25) is 0 Å². The van der Waals surface area contributed by atoms with Gasteiger partial charge in [-0.15, -0.1) is 0 Å². The van der Waals surface area contributed by atoms with E-state index in [1.807, 2.05) is 44.2 Å². The van der Waals surface area contributed by atoms with Gasteiger partial charge in [-0.05, 0) is 19.4 Å². The molecule has 4 nitrogen and oxygen atoms in total. The highest BCUT2D eigenvalue weighted by Crippen LogP contribution is 2.39. The molecule has 1 aromatic rings. The minimum atomic E-state index is -0.883. The van der Waals surface area contributed by atoms with Gasteiger partial charge >= 0.3 is 5.97 Å². The Morgan fingerprint density at radius 3 is 2.59 bits per heavy atom. The molecule has 1 aliphatic heterocycles. The fourth-order valence-electron chi connectivity index (χ4n) is 1.61. The predicted octanol–water partition coefficient (Wildman–Crippen LogP) is 1.75. The van der Waals surface area contributed by atoms with E-state index in [0.29, 0.717) is 0 Å². The second-order valence-electron chi connectivity index (χ2n) is 4.01. The number of nitrogens with one attached hydrogen (secondary N) is 2. The highest BCUT2D eigenvalue weighted by atomic mass is 32.2. The molecule has 0 amide bonds. The van der Waals surface area contributed by atoms with E-state index in [1.54, 1.807) is 5.88 Å². The lowest BCUT2D eigenvalue weighted by molar-refractivity contribution is -0.151. The first-order valence-corrected chi connectivity index (χ1v) is 6.32. The third kappa shape index (κ3) is 2.46. The molecule has 1 radical (unpaired) electrons. The van der Waals surface area contributed by atoms with Crippen molar-refractivity contribution in [2.45, 2.75) is 24.8 Å². The van der Waals surface area contributed by atoms with Gasteiger partial charge in [0.2, 0.25) is 4.87 Å². The van der Waals surface area contributed by atoms with Crippen LogP contribution in [0.15, 0.2) is 30.3 Å². The molecule has 0 saturated carbocycles. The zero-order valence-electron chi connectivity index (χ0n) is 9.77. The maximum Gasteiger partial charge on any atom is 0.343 e. The fourth-order valence-corrected chi connectivity index (χ4v) is 2.43. The fraction of sp³-hybridized carbons (Fsp3) is 0.333. The molecule has 1 aromatic carbocycles. The number of thioether (sulfide) groups is 1. The molecule has 2 rings (SSSR count). The number of hydrogen-bond donors (Lipinski definition) is 2. The zero-order chi connectivity index (χ0) is 12.3. The molecule has 1 aliphatic rings. The van der Waals surface area contributed by atoms with Gasteiger partial charge < -0.3 is 4.74 Å². The van der Waals surface area contributed by atoms with Crippen molar-refractivity contribution in [1.82, 2.24) is 10.9 Å². The van der Waals surface area contributed by atoms with Gasteiger partial charge in [-0.1, -0.05) is 42.1 Å². The maximum atomic E-state index is 12.2. The summed E-state index contributed by atoms with van der Waals surface area (Å²) in [6.45, 7) is 3.68. The molecule has 0 spiro atoms. The van der Waals surface area contributed by atoms with Crippen LogP contribution in [0.4, 0.5) is 0 Å². The molecular weight excluding hydrogens is 236 g/mol. The lowest BCUT2D eigenvalue weighted by Crippen LogP contribution is -2.47. The van der Waals surface area contributed by atoms with E-state index in [9.17, 15) is 4.79 Å². The summed E-state index contributed by atoms with van der Waals surface area (Å²) in [4.78, 5) is 11.3. The second kappa shape index (κ2) is 5.08. The molecule has 1 saturated heterocycles. The minimum Gasteiger partial charge on any atom is -0.461 e. The molecule has 0 aliphatic carbocycles. The summed E-state index contributed by atoms with van der Waals surface area (Å²) in [5.41, 5.74) is 6.70. The number of hydrazine groups is 1. The molecule has 1 heterocycles. The second-order valence-corrected chi connectivity index (χ2v) is 5.09. The summed E-state index contributed by atoms with van der Waals surface area (Å²) in [6.07, 6.45) is -0.133. The summed E-state index contributed by atoms with van der Waals surface area (Å²) in [7, 11) is 0. The molecule has 17 heavy (non-hydrogen) atoms. The Morgan fingerprint density at radius 2 is 2.06 bits per heavy atom. The van der Waals surface area contributed by atoms with Gasteiger partial charge in [0.25, 0.3) is 0 Å². The van der Waals surface area contributed by atoms with Crippen molar-refractivity contribution in [2.24, 2.45) is 0 Å². The molecule has 1 fully saturated rings. The molecule has 0 aromatic heterocycles. The van der Waals surface area contributed by atoms with Gasteiger partial charge in [-0.25, -0.2) is 15.6 Å². The third-order valence-corrected chi connectivity index (χ3v) is 3.45. The first-order chi connectivity index (χ1) is 8.15. The lowest BCUT2D eigenvalue weighted by atomic mass is 10.1. The topological polar surface area (TPSA) is 50.4 Å². The van der Waals surface area contributed by atoms with E-state index in [4.69, 9.17) is 4.74 Å². The van der Waals surface area contributed by atoms with Crippen LogP contribution in [-0.2, 0) is 14.4 Å². The van der Waals surface area contributed by atoms with E-state index in [-0.39, 0.29) is 12.1 Å². The van der Waals surface area contributed by atoms with Crippen LogP contribution in [-0.4, -0.2) is 12.1 Å². The Hall–Kier alpha value is -1.04. The van der Waals surface area contributed by atoms with Crippen molar-refractivity contribution >= 4 is 17.7 Å². The van der Waals surface area contributed by atoms with Crippen molar-refractivity contribution in [3.05, 3.63) is 41.8 Å². The Morgan fingerprint density at radius 1 is 1.35 bits per heavy atom. The lowest BCUT2D eigenvalue weighted by Gasteiger charge is -2.26. The summed E-state index contributed by atoms with van der Waals surface area (Å²) in [5, 5.41) is 0. The number of carbonyl (C=O) groups is 1. The zero-order valence-corrected chi connectivity index (χ0v) is 10.6. The summed E-state index contributed by atoms with van der Waals surface area (Å²) < 4.78 is 5.31. The number of rotatable bonds is 3. The number of hydrogen-bond acceptors (Lipinski definition) is 5. The van der Waals surface area contributed by atoms with Gasteiger partial charge in [0, 0.05) is 0 Å². The number of carbonyl (C=O) groups excluding carboxylic acids is 1. The molecule has 1 unspecified atom stereocenters. The monoisotopic (exact) mass is 251 g/mol. The van der Waals surface area contributed by atoms with Crippen LogP contribution in [0.3, 0.4) is 0 Å². The van der Waals surface area contributed by atoms with Gasteiger partial charge in [0.05, 0.1) is 12.0 Å². The largest absolute Gasteiger partial charge is 0.461 e. The van der Waals surface area contributed by atoms with Crippen molar-refractivity contribution in [1.29, 1.82) is 0 Å². The standard InChI is InChI=1S/C12H15N2O2S/c1-9(2)16-11(15)12(14-13-8-17-12)10-6-4-3-5-7-10/h3-9,13-14H,1-2H3. The van der Waals surface area contributed by atoms with Gasteiger partial charge in [-0.3, -0.25) is 0 Å². The maximum absolute atomic E-state index is 12.2. The molecule has 91 valence electrons. The van der Waals surface area contributed by atoms with Crippen LogP contribution in [0.1, 0.15) is 19.4 Å². The number of esters is 1. The first-order valence-electron chi connectivity index (χ1n) is 5.44. The molecule has 1 atom stereocenters. The van der Waals surface area contributed by atoms with Gasteiger partial charge in [0.1, 0.15) is 0 Å². The smallest absolute Gasteiger partial charge is 0.343 e. The number of ether oxygens (including phenoxy) is 1. The van der Waals surface area contributed by atoms with Crippen LogP contribution in [0, 0.1) is 5.88 Å². The molecule has 2 N–H and O–H groups in total. The highest BCUT2D eigenvalue weighted by Gasteiger charge is 2.46. The molecule has 0 bridgehead atoms. The molecular formula is C12H15N2O2S. The Kier molecular flexibility index (Phi) is 3.71.